The fraction of sp³-hybridized carbons (Fsp3) is 0.500. The molecule has 5 nitrogen and oxygen atoms in total. The SMILES string of the molecule is CCOc1ccc(Cl)cc1CCNC(=O)C1CCC1C(=O)O. The van der Waals surface area contributed by atoms with Crippen molar-refractivity contribution < 1.29 is 19.4 Å². The number of amides is 1. The molecule has 120 valence electrons. The van der Waals surface area contributed by atoms with Gasteiger partial charge < -0.3 is 15.2 Å². The van der Waals surface area contributed by atoms with E-state index in [1.165, 1.54) is 0 Å². The second-order valence-corrected chi connectivity index (χ2v) is 5.79. The van der Waals surface area contributed by atoms with Gasteiger partial charge in [-0.3, -0.25) is 9.59 Å². The largest absolute Gasteiger partial charge is 0.494 e. The summed E-state index contributed by atoms with van der Waals surface area (Å²) < 4.78 is 5.53. The first-order valence-electron chi connectivity index (χ1n) is 7.44. The van der Waals surface area contributed by atoms with Gasteiger partial charge in [0.2, 0.25) is 5.91 Å². The molecule has 0 aromatic heterocycles. The van der Waals surface area contributed by atoms with E-state index in [-0.39, 0.29) is 5.91 Å². The number of carboxylic acids is 1. The van der Waals surface area contributed by atoms with Gasteiger partial charge in [-0.1, -0.05) is 11.6 Å². The second kappa shape index (κ2) is 7.49. The Morgan fingerprint density at radius 2 is 2.09 bits per heavy atom. The number of ether oxygens (including phenoxy) is 1. The molecule has 2 unspecified atom stereocenters. The fourth-order valence-electron chi connectivity index (χ4n) is 2.60. The number of halogens is 1. The molecule has 6 heteroatoms. The summed E-state index contributed by atoms with van der Waals surface area (Å²) in [7, 11) is 0. The molecule has 1 aromatic rings. The summed E-state index contributed by atoms with van der Waals surface area (Å²) in [6.45, 7) is 2.90. The molecule has 0 radical (unpaired) electrons. The van der Waals surface area contributed by atoms with Crippen molar-refractivity contribution >= 4 is 23.5 Å². The second-order valence-electron chi connectivity index (χ2n) is 5.35. The van der Waals surface area contributed by atoms with Crippen molar-refractivity contribution in [2.45, 2.75) is 26.2 Å². The Bertz CT molecular complexity index is 561. The standard InChI is InChI=1S/C16H20ClNO4/c1-2-22-14-6-3-11(17)9-10(14)7-8-18-15(19)12-4-5-13(12)16(20)21/h3,6,9,12-13H,2,4-5,7-8H2,1H3,(H,18,19)(H,20,21). The van der Waals surface area contributed by atoms with Crippen LogP contribution in [0.1, 0.15) is 25.3 Å². The minimum Gasteiger partial charge on any atom is -0.494 e. The van der Waals surface area contributed by atoms with E-state index < -0.39 is 17.8 Å². The summed E-state index contributed by atoms with van der Waals surface area (Å²) in [6, 6.07) is 5.40. The number of nitrogens with one attached hydrogen (secondary N) is 1. The first kappa shape index (κ1) is 16.6. The average molecular weight is 326 g/mol. The lowest BCUT2D eigenvalue weighted by Gasteiger charge is -2.31. The van der Waals surface area contributed by atoms with Gasteiger partial charge in [-0.25, -0.2) is 0 Å². The summed E-state index contributed by atoms with van der Waals surface area (Å²) in [6.07, 6.45) is 1.81. The zero-order chi connectivity index (χ0) is 16.1. The van der Waals surface area contributed by atoms with Crippen LogP contribution in [-0.2, 0) is 16.0 Å². The van der Waals surface area contributed by atoms with E-state index >= 15 is 0 Å². The van der Waals surface area contributed by atoms with E-state index in [4.69, 9.17) is 21.4 Å². The first-order chi connectivity index (χ1) is 10.5. The molecule has 1 aromatic carbocycles. The molecule has 2 rings (SSSR count). The molecule has 0 heterocycles. The summed E-state index contributed by atoms with van der Waals surface area (Å²) in [4.78, 5) is 22.9. The Balaban J connectivity index is 1.87. The lowest BCUT2D eigenvalue weighted by molar-refractivity contribution is -0.152. The Labute approximate surface area is 134 Å². The lowest BCUT2D eigenvalue weighted by Crippen LogP contribution is -2.44. The van der Waals surface area contributed by atoms with Crippen LogP contribution in [0.15, 0.2) is 18.2 Å². The minimum atomic E-state index is -0.889. The van der Waals surface area contributed by atoms with Crippen molar-refractivity contribution in [2.24, 2.45) is 11.8 Å². The first-order valence-corrected chi connectivity index (χ1v) is 7.82. The third-order valence-electron chi connectivity index (χ3n) is 3.94. The third-order valence-corrected chi connectivity index (χ3v) is 4.18. The van der Waals surface area contributed by atoms with Gasteiger partial charge in [0.05, 0.1) is 18.4 Å². The molecule has 2 N–H and O–H groups in total. The van der Waals surface area contributed by atoms with Gasteiger partial charge >= 0.3 is 5.97 Å². The molecule has 0 aliphatic heterocycles. The van der Waals surface area contributed by atoms with E-state index in [0.29, 0.717) is 37.4 Å². The highest BCUT2D eigenvalue weighted by atomic mass is 35.5. The maximum Gasteiger partial charge on any atom is 0.307 e. The summed E-state index contributed by atoms with van der Waals surface area (Å²) >= 11 is 5.99. The predicted molar refractivity (Wildman–Crippen MR) is 83.2 cm³/mol. The minimum absolute atomic E-state index is 0.182. The molecule has 1 saturated carbocycles. The Kier molecular flexibility index (Phi) is 5.66. The normalized spacial score (nSPS) is 20.1. The molecule has 1 aliphatic carbocycles. The average Bonchev–Trinajstić information content (AvgIpc) is 2.40. The Morgan fingerprint density at radius 3 is 2.68 bits per heavy atom. The molecule has 1 aliphatic rings. The van der Waals surface area contributed by atoms with Gasteiger partial charge in [0.15, 0.2) is 0 Å². The molecule has 22 heavy (non-hydrogen) atoms. The monoisotopic (exact) mass is 325 g/mol. The van der Waals surface area contributed by atoms with Crippen LogP contribution in [0.4, 0.5) is 0 Å². The predicted octanol–water partition coefficient (Wildman–Crippen LogP) is 2.51. The van der Waals surface area contributed by atoms with Crippen LogP contribution >= 0.6 is 11.6 Å². The number of hydrogen-bond acceptors (Lipinski definition) is 3. The Hall–Kier alpha value is -1.75. The maximum absolute atomic E-state index is 12.0. The number of benzene rings is 1. The molecule has 0 bridgehead atoms. The van der Waals surface area contributed by atoms with Gasteiger partial charge in [0.25, 0.3) is 0 Å². The molecule has 2 atom stereocenters. The van der Waals surface area contributed by atoms with Crippen molar-refractivity contribution in [1.29, 1.82) is 0 Å². The van der Waals surface area contributed by atoms with Gasteiger partial charge in [0, 0.05) is 11.6 Å². The van der Waals surface area contributed by atoms with Gasteiger partial charge in [-0.05, 0) is 49.9 Å². The molecule has 1 amide bonds. The van der Waals surface area contributed by atoms with Crippen LogP contribution in [0.2, 0.25) is 5.02 Å². The molecule has 0 saturated heterocycles. The fourth-order valence-corrected chi connectivity index (χ4v) is 2.80. The number of rotatable bonds is 7. The van der Waals surface area contributed by atoms with Crippen LogP contribution in [0, 0.1) is 11.8 Å². The number of aliphatic carboxylic acids is 1. The smallest absolute Gasteiger partial charge is 0.307 e. The maximum atomic E-state index is 12.0. The molecular weight excluding hydrogens is 306 g/mol. The molecule has 1 fully saturated rings. The number of carbonyl (C=O) groups excluding carboxylic acids is 1. The Morgan fingerprint density at radius 1 is 1.36 bits per heavy atom. The quantitative estimate of drug-likeness (QED) is 0.807. The number of carboxylic acid groups (broad SMARTS) is 1. The molecular formula is C16H20ClNO4. The number of carbonyl (C=O) groups is 2. The lowest BCUT2D eigenvalue weighted by atomic mass is 9.73. The van der Waals surface area contributed by atoms with Crippen molar-refractivity contribution in [2.75, 3.05) is 13.2 Å². The highest BCUT2D eigenvalue weighted by Gasteiger charge is 2.41. The summed E-state index contributed by atoms with van der Waals surface area (Å²) in [5, 5.41) is 12.4. The van der Waals surface area contributed by atoms with Crippen molar-refractivity contribution in [1.82, 2.24) is 5.32 Å². The van der Waals surface area contributed by atoms with Crippen molar-refractivity contribution in [3.8, 4) is 5.75 Å². The van der Waals surface area contributed by atoms with Crippen LogP contribution < -0.4 is 10.1 Å². The van der Waals surface area contributed by atoms with Crippen LogP contribution in [-0.4, -0.2) is 30.1 Å². The summed E-state index contributed by atoms with van der Waals surface area (Å²) in [5.41, 5.74) is 0.929. The third kappa shape index (κ3) is 3.91. The zero-order valence-electron chi connectivity index (χ0n) is 12.5. The van der Waals surface area contributed by atoms with E-state index in [1.807, 2.05) is 19.1 Å². The highest BCUT2D eigenvalue weighted by molar-refractivity contribution is 6.30. The van der Waals surface area contributed by atoms with Crippen LogP contribution in [0.5, 0.6) is 5.75 Å². The summed E-state index contributed by atoms with van der Waals surface area (Å²) in [5.74, 6) is -1.25. The number of hydrogen-bond donors (Lipinski definition) is 2. The van der Waals surface area contributed by atoms with Crippen LogP contribution in [0.3, 0.4) is 0 Å². The van der Waals surface area contributed by atoms with E-state index in [9.17, 15) is 9.59 Å². The highest BCUT2D eigenvalue weighted by Crippen LogP contribution is 2.34. The van der Waals surface area contributed by atoms with E-state index in [2.05, 4.69) is 5.32 Å². The van der Waals surface area contributed by atoms with Gasteiger partial charge in [0.1, 0.15) is 5.75 Å². The van der Waals surface area contributed by atoms with E-state index in [1.54, 1.807) is 6.07 Å². The molecule has 0 spiro atoms. The van der Waals surface area contributed by atoms with Crippen LogP contribution in [0.25, 0.3) is 0 Å². The topological polar surface area (TPSA) is 75.6 Å². The van der Waals surface area contributed by atoms with Gasteiger partial charge in [-0.2, -0.15) is 0 Å². The van der Waals surface area contributed by atoms with Crippen molar-refractivity contribution in [3.05, 3.63) is 28.8 Å². The van der Waals surface area contributed by atoms with Crippen molar-refractivity contribution in [3.63, 3.8) is 0 Å². The zero-order valence-corrected chi connectivity index (χ0v) is 13.2. The van der Waals surface area contributed by atoms with Gasteiger partial charge in [-0.15, -0.1) is 0 Å². The van der Waals surface area contributed by atoms with E-state index in [0.717, 1.165) is 11.3 Å².